The molecular formula is C25H29N3O5. The van der Waals surface area contributed by atoms with E-state index in [9.17, 15) is 19.7 Å². The Morgan fingerprint density at radius 1 is 1.00 bits per heavy atom. The number of hydrogen-bond donors (Lipinski definition) is 1. The van der Waals surface area contributed by atoms with Crippen LogP contribution in [0.1, 0.15) is 55.3 Å². The van der Waals surface area contributed by atoms with Crippen molar-refractivity contribution in [2.45, 2.75) is 51.0 Å². The molecule has 2 amide bonds. The monoisotopic (exact) mass is 451 g/mol. The normalized spacial score (nSPS) is 19.0. The third-order valence-electron chi connectivity index (χ3n) is 6.41. The first kappa shape index (κ1) is 22.8. The number of nitrogens with zero attached hydrogens (tertiary/aromatic N) is 2. The fourth-order valence-electron chi connectivity index (χ4n) is 4.62. The summed E-state index contributed by atoms with van der Waals surface area (Å²) in [6, 6.07) is 13.2. The van der Waals surface area contributed by atoms with E-state index in [-0.39, 0.29) is 40.8 Å². The van der Waals surface area contributed by atoms with E-state index >= 15 is 0 Å². The molecule has 1 unspecified atom stereocenters. The summed E-state index contributed by atoms with van der Waals surface area (Å²) in [5.74, 6) is 0.148. The SMILES string of the molecule is O=C(NC1CCCCC1)C1CCCN(C(=O)c2cc([N+](=O)[O-])ccc2Oc2ccccc2)C1. The first-order chi connectivity index (χ1) is 16.0. The number of rotatable bonds is 6. The second-order valence-electron chi connectivity index (χ2n) is 8.79. The first-order valence-electron chi connectivity index (χ1n) is 11.6. The summed E-state index contributed by atoms with van der Waals surface area (Å²) >= 11 is 0. The van der Waals surface area contributed by atoms with Gasteiger partial charge in [0.05, 0.1) is 16.4 Å². The summed E-state index contributed by atoms with van der Waals surface area (Å²) in [5, 5.41) is 14.5. The minimum Gasteiger partial charge on any atom is -0.457 e. The number of carbonyl (C=O) groups is 2. The minimum atomic E-state index is -0.528. The van der Waals surface area contributed by atoms with E-state index in [1.165, 1.54) is 24.6 Å². The van der Waals surface area contributed by atoms with Crippen LogP contribution in [0.15, 0.2) is 48.5 Å². The Labute approximate surface area is 193 Å². The Morgan fingerprint density at radius 3 is 2.48 bits per heavy atom. The average molecular weight is 452 g/mol. The lowest BCUT2D eigenvalue weighted by Gasteiger charge is -2.33. The summed E-state index contributed by atoms with van der Waals surface area (Å²) < 4.78 is 5.88. The minimum absolute atomic E-state index is 0.000740. The van der Waals surface area contributed by atoms with Gasteiger partial charge < -0.3 is 15.0 Å². The lowest BCUT2D eigenvalue weighted by atomic mass is 9.92. The quantitative estimate of drug-likeness (QED) is 0.507. The molecule has 0 radical (unpaired) electrons. The van der Waals surface area contributed by atoms with Gasteiger partial charge in [0.1, 0.15) is 11.5 Å². The Kier molecular flexibility index (Phi) is 7.22. The fourth-order valence-corrected chi connectivity index (χ4v) is 4.62. The Bertz CT molecular complexity index is 1000. The molecule has 33 heavy (non-hydrogen) atoms. The highest BCUT2D eigenvalue weighted by Gasteiger charge is 2.32. The van der Waals surface area contributed by atoms with Crippen LogP contribution in [0, 0.1) is 16.0 Å². The highest BCUT2D eigenvalue weighted by Crippen LogP contribution is 2.31. The van der Waals surface area contributed by atoms with Gasteiger partial charge >= 0.3 is 0 Å². The molecule has 4 rings (SSSR count). The van der Waals surface area contributed by atoms with Gasteiger partial charge in [-0.05, 0) is 43.9 Å². The molecule has 174 valence electrons. The third-order valence-corrected chi connectivity index (χ3v) is 6.41. The number of nitro benzene ring substituents is 1. The molecule has 1 atom stereocenters. The standard InChI is InChI=1S/C25H29N3O5/c29-24(26-19-9-3-1-4-10-19)18-8-7-15-27(17-18)25(30)22-16-20(28(31)32)13-14-23(22)33-21-11-5-2-6-12-21/h2,5-6,11-14,16,18-19H,1,3-4,7-10,15,17H2,(H,26,29). The maximum absolute atomic E-state index is 13.4. The largest absolute Gasteiger partial charge is 0.457 e. The highest BCUT2D eigenvalue weighted by molar-refractivity contribution is 5.98. The van der Waals surface area contributed by atoms with E-state index in [1.807, 2.05) is 18.2 Å². The lowest BCUT2D eigenvalue weighted by Crippen LogP contribution is -2.48. The van der Waals surface area contributed by atoms with Crippen LogP contribution >= 0.6 is 0 Å². The van der Waals surface area contributed by atoms with Gasteiger partial charge in [-0.2, -0.15) is 0 Å². The number of benzene rings is 2. The number of nitro groups is 1. The molecule has 0 aromatic heterocycles. The predicted molar refractivity (Wildman–Crippen MR) is 123 cm³/mol. The maximum Gasteiger partial charge on any atom is 0.270 e. The van der Waals surface area contributed by atoms with E-state index in [0.29, 0.717) is 25.3 Å². The summed E-state index contributed by atoms with van der Waals surface area (Å²) in [6.07, 6.45) is 6.94. The van der Waals surface area contributed by atoms with Gasteiger partial charge in [-0.1, -0.05) is 37.5 Å². The molecule has 0 bridgehead atoms. The molecule has 1 saturated carbocycles. The number of hydrogen-bond acceptors (Lipinski definition) is 5. The van der Waals surface area contributed by atoms with Crippen molar-refractivity contribution in [1.82, 2.24) is 10.2 Å². The van der Waals surface area contributed by atoms with Gasteiger partial charge in [0.15, 0.2) is 0 Å². The Hall–Kier alpha value is -3.42. The van der Waals surface area contributed by atoms with Crippen LogP contribution in [-0.2, 0) is 4.79 Å². The van der Waals surface area contributed by atoms with Gasteiger partial charge in [0.25, 0.3) is 11.6 Å². The zero-order valence-electron chi connectivity index (χ0n) is 18.6. The van der Waals surface area contributed by atoms with E-state index in [4.69, 9.17) is 4.74 Å². The molecular weight excluding hydrogens is 422 g/mol. The van der Waals surface area contributed by atoms with Gasteiger partial charge in [0.2, 0.25) is 5.91 Å². The number of para-hydroxylation sites is 1. The highest BCUT2D eigenvalue weighted by atomic mass is 16.6. The number of piperidine rings is 1. The van der Waals surface area contributed by atoms with Crippen molar-refractivity contribution in [3.8, 4) is 11.5 Å². The second-order valence-corrected chi connectivity index (χ2v) is 8.79. The van der Waals surface area contributed by atoms with Crippen molar-refractivity contribution < 1.29 is 19.2 Å². The van der Waals surface area contributed by atoms with Gasteiger partial charge in [-0.15, -0.1) is 0 Å². The van der Waals surface area contributed by atoms with Crippen LogP contribution in [0.5, 0.6) is 11.5 Å². The molecule has 8 nitrogen and oxygen atoms in total. The van der Waals surface area contributed by atoms with Crippen molar-refractivity contribution in [3.63, 3.8) is 0 Å². The molecule has 8 heteroatoms. The van der Waals surface area contributed by atoms with E-state index in [0.717, 1.165) is 32.1 Å². The fraction of sp³-hybridized carbons (Fsp3) is 0.440. The van der Waals surface area contributed by atoms with Crippen LogP contribution in [-0.4, -0.2) is 40.8 Å². The number of carbonyl (C=O) groups excluding carboxylic acids is 2. The topological polar surface area (TPSA) is 102 Å². The van der Waals surface area contributed by atoms with Crippen LogP contribution < -0.4 is 10.1 Å². The maximum atomic E-state index is 13.4. The summed E-state index contributed by atoms with van der Waals surface area (Å²) in [5.41, 5.74) is -0.0521. The molecule has 1 aliphatic heterocycles. The van der Waals surface area contributed by atoms with Gasteiger partial charge in [-0.25, -0.2) is 0 Å². The van der Waals surface area contributed by atoms with E-state index in [1.54, 1.807) is 17.0 Å². The zero-order chi connectivity index (χ0) is 23.2. The van der Waals surface area contributed by atoms with Crippen LogP contribution in [0.25, 0.3) is 0 Å². The summed E-state index contributed by atoms with van der Waals surface area (Å²) in [4.78, 5) is 38.7. The molecule has 2 aromatic rings. The van der Waals surface area contributed by atoms with Gasteiger partial charge in [-0.3, -0.25) is 19.7 Å². The molecule has 1 heterocycles. The lowest BCUT2D eigenvalue weighted by molar-refractivity contribution is -0.384. The molecule has 0 spiro atoms. The Balaban J connectivity index is 1.51. The van der Waals surface area contributed by atoms with Crippen molar-refractivity contribution in [1.29, 1.82) is 0 Å². The van der Waals surface area contributed by atoms with Crippen LogP contribution in [0.4, 0.5) is 5.69 Å². The van der Waals surface area contributed by atoms with Gasteiger partial charge in [0, 0.05) is 31.3 Å². The first-order valence-corrected chi connectivity index (χ1v) is 11.6. The Morgan fingerprint density at radius 2 is 1.76 bits per heavy atom. The average Bonchev–Trinajstić information content (AvgIpc) is 2.85. The van der Waals surface area contributed by atoms with Crippen LogP contribution in [0.2, 0.25) is 0 Å². The third kappa shape index (κ3) is 5.69. The summed E-state index contributed by atoms with van der Waals surface area (Å²) in [7, 11) is 0. The predicted octanol–water partition coefficient (Wildman–Crippen LogP) is 4.69. The van der Waals surface area contributed by atoms with E-state index in [2.05, 4.69) is 5.32 Å². The molecule has 2 aromatic carbocycles. The number of likely N-dealkylation sites (tertiary alicyclic amines) is 1. The second kappa shape index (κ2) is 10.5. The number of ether oxygens (including phenoxy) is 1. The van der Waals surface area contributed by atoms with Crippen molar-refractivity contribution in [2.24, 2.45) is 5.92 Å². The molecule has 1 aliphatic carbocycles. The number of amides is 2. The number of nitrogens with one attached hydrogen (secondary N) is 1. The molecule has 1 N–H and O–H groups in total. The number of non-ortho nitro benzene ring substituents is 1. The summed E-state index contributed by atoms with van der Waals surface area (Å²) in [6.45, 7) is 0.796. The van der Waals surface area contributed by atoms with E-state index < -0.39 is 4.92 Å². The molecule has 2 fully saturated rings. The molecule has 1 saturated heterocycles. The zero-order valence-corrected chi connectivity index (χ0v) is 18.6. The molecule has 2 aliphatic rings. The smallest absolute Gasteiger partial charge is 0.270 e. The van der Waals surface area contributed by atoms with Crippen LogP contribution in [0.3, 0.4) is 0 Å². The van der Waals surface area contributed by atoms with Crippen molar-refractivity contribution >= 4 is 17.5 Å². The van der Waals surface area contributed by atoms with Crippen molar-refractivity contribution in [3.05, 3.63) is 64.2 Å². The van der Waals surface area contributed by atoms with Crippen molar-refractivity contribution in [2.75, 3.05) is 13.1 Å².